The molecule has 31 heavy (non-hydrogen) atoms. The van der Waals surface area contributed by atoms with Gasteiger partial charge in [-0.15, -0.1) is 0 Å². The van der Waals surface area contributed by atoms with E-state index in [0.717, 1.165) is 12.8 Å². The third-order valence-electron chi connectivity index (χ3n) is 6.91. The predicted molar refractivity (Wildman–Crippen MR) is 133 cm³/mol. The van der Waals surface area contributed by atoms with Gasteiger partial charge in [-0.05, 0) is 41.0 Å². The second-order valence-corrected chi connectivity index (χ2v) is 8.39. The van der Waals surface area contributed by atoms with Gasteiger partial charge < -0.3 is 0 Å². The fourth-order valence-corrected chi connectivity index (χ4v) is 5.63. The molecule has 0 aliphatic heterocycles. The minimum atomic E-state index is -0.0694. The van der Waals surface area contributed by atoms with E-state index in [4.69, 9.17) is 0 Å². The van der Waals surface area contributed by atoms with Crippen molar-refractivity contribution >= 4 is 0 Å². The summed E-state index contributed by atoms with van der Waals surface area (Å²) in [6, 6.07) is 44.5. The van der Waals surface area contributed by atoms with Crippen LogP contribution in [-0.2, 0) is 5.41 Å². The van der Waals surface area contributed by atoms with E-state index in [1.165, 1.54) is 22.3 Å². The molecule has 0 heteroatoms. The van der Waals surface area contributed by atoms with Crippen molar-refractivity contribution in [2.75, 3.05) is 0 Å². The lowest BCUT2D eigenvalue weighted by Crippen LogP contribution is -2.40. The molecule has 2 unspecified atom stereocenters. The summed E-state index contributed by atoms with van der Waals surface area (Å²) in [6.45, 7) is 4.72. The molecule has 0 nitrogen and oxygen atoms in total. The summed E-state index contributed by atoms with van der Waals surface area (Å²) in [6.07, 6.45) is 2.14. The summed E-state index contributed by atoms with van der Waals surface area (Å²) in [4.78, 5) is 0. The van der Waals surface area contributed by atoms with E-state index in [2.05, 4.69) is 135 Å². The van der Waals surface area contributed by atoms with Gasteiger partial charge in [-0.2, -0.15) is 0 Å². The molecule has 0 heterocycles. The van der Waals surface area contributed by atoms with Crippen molar-refractivity contribution in [3.8, 4) is 0 Å². The van der Waals surface area contributed by atoms with Gasteiger partial charge in [0.05, 0.1) is 0 Å². The van der Waals surface area contributed by atoms with E-state index in [1.54, 1.807) is 0 Å². The Morgan fingerprint density at radius 1 is 0.516 bits per heavy atom. The molecule has 0 radical (unpaired) electrons. The lowest BCUT2D eigenvalue weighted by atomic mass is 9.55. The molecule has 4 aromatic rings. The Morgan fingerprint density at radius 3 is 1.29 bits per heavy atom. The number of benzene rings is 4. The van der Waals surface area contributed by atoms with Gasteiger partial charge in [0.15, 0.2) is 0 Å². The maximum absolute atomic E-state index is 2.37. The second-order valence-electron chi connectivity index (χ2n) is 8.39. The molecule has 0 N–H and O–H groups in total. The Bertz CT molecular complexity index is 999. The molecule has 4 rings (SSSR count). The Hall–Kier alpha value is -3.12. The van der Waals surface area contributed by atoms with E-state index in [1.807, 2.05) is 0 Å². The van der Waals surface area contributed by atoms with Crippen LogP contribution in [0.1, 0.15) is 60.8 Å². The zero-order valence-corrected chi connectivity index (χ0v) is 18.6. The van der Waals surface area contributed by atoms with Crippen molar-refractivity contribution in [2.45, 2.75) is 43.9 Å². The summed E-state index contributed by atoms with van der Waals surface area (Å²) in [5, 5.41) is 0. The summed E-state index contributed by atoms with van der Waals surface area (Å²) in [7, 11) is 0. The van der Waals surface area contributed by atoms with Crippen molar-refractivity contribution in [3.63, 3.8) is 0 Å². The zero-order valence-electron chi connectivity index (χ0n) is 18.6. The molecule has 0 spiro atoms. The van der Waals surface area contributed by atoms with Crippen LogP contribution < -0.4 is 0 Å². The topological polar surface area (TPSA) is 0 Å². The van der Waals surface area contributed by atoms with Crippen molar-refractivity contribution < 1.29 is 0 Å². The molecule has 0 fully saturated rings. The Kier molecular flexibility index (Phi) is 6.67. The summed E-state index contributed by atoms with van der Waals surface area (Å²) in [5.41, 5.74) is 5.54. The molecular formula is C31H32. The minimum Gasteiger partial charge on any atom is -0.0648 e. The highest BCUT2D eigenvalue weighted by atomic mass is 14.5. The Balaban J connectivity index is 2.04. The van der Waals surface area contributed by atoms with Crippen LogP contribution in [0.4, 0.5) is 0 Å². The van der Waals surface area contributed by atoms with Crippen molar-refractivity contribution in [3.05, 3.63) is 144 Å². The molecule has 4 aromatic carbocycles. The first-order valence-electron chi connectivity index (χ1n) is 11.5. The smallest absolute Gasteiger partial charge is 0.0192 e. The average Bonchev–Trinajstić information content (AvgIpc) is 2.86. The zero-order chi connectivity index (χ0) is 21.5. The quantitative estimate of drug-likeness (QED) is 0.277. The van der Waals surface area contributed by atoms with E-state index >= 15 is 0 Å². The molecule has 2 atom stereocenters. The van der Waals surface area contributed by atoms with E-state index in [-0.39, 0.29) is 11.3 Å². The summed E-state index contributed by atoms with van der Waals surface area (Å²) in [5.74, 6) is 0.652. The SMILES string of the molecule is CCC(c1ccccc1)C(CC)(c1ccccc1)C(c1ccccc1)c1ccccc1. The first kappa shape index (κ1) is 21.1. The molecule has 0 saturated carbocycles. The van der Waals surface area contributed by atoms with Gasteiger partial charge in [0.25, 0.3) is 0 Å². The van der Waals surface area contributed by atoms with Crippen LogP contribution in [0.2, 0.25) is 0 Å². The Morgan fingerprint density at radius 2 is 0.903 bits per heavy atom. The molecule has 0 aromatic heterocycles. The molecule has 0 bridgehead atoms. The van der Waals surface area contributed by atoms with Crippen LogP contribution in [0.15, 0.2) is 121 Å². The predicted octanol–water partition coefficient (Wildman–Crippen LogP) is 8.36. The van der Waals surface area contributed by atoms with Gasteiger partial charge in [-0.25, -0.2) is 0 Å². The highest BCUT2D eigenvalue weighted by Crippen LogP contribution is 2.55. The standard InChI is InChI=1S/C31H32/c1-3-29(25-17-9-5-10-18-25)31(4-2,28-23-15-8-16-24-28)30(26-19-11-6-12-20-26)27-21-13-7-14-22-27/h5-24,29-30H,3-4H2,1-2H3. The second kappa shape index (κ2) is 9.79. The maximum Gasteiger partial charge on any atom is 0.0192 e. The van der Waals surface area contributed by atoms with E-state index in [9.17, 15) is 0 Å². The van der Waals surface area contributed by atoms with Crippen LogP contribution >= 0.6 is 0 Å². The molecule has 0 aliphatic carbocycles. The third-order valence-corrected chi connectivity index (χ3v) is 6.91. The first-order valence-corrected chi connectivity index (χ1v) is 11.5. The average molecular weight is 405 g/mol. The highest BCUT2D eigenvalue weighted by molar-refractivity contribution is 5.46. The van der Waals surface area contributed by atoms with Crippen molar-refractivity contribution in [2.24, 2.45) is 0 Å². The monoisotopic (exact) mass is 404 g/mol. The van der Waals surface area contributed by atoms with E-state index in [0.29, 0.717) is 5.92 Å². The highest BCUT2D eigenvalue weighted by Gasteiger charge is 2.46. The van der Waals surface area contributed by atoms with Crippen molar-refractivity contribution in [1.29, 1.82) is 0 Å². The van der Waals surface area contributed by atoms with E-state index < -0.39 is 0 Å². The molecule has 156 valence electrons. The first-order chi connectivity index (χ1) is 15.3. The third kappa shape index (κ3) is 4.08. The summed E-state index contributed by atoms with van der Waals surface area (Å²) >= 11 is 0. The van der Waals surface area contributed by atoms with Crippen LogP contribution in [0, 0.1) is 0 Å². The summed E-state index contributed by atoms with van der Waals surface area (Å²) < 4.78 is 0. The lowest BCUT2D eigenvalue weighted by Gasteiger charge is -2.47. The number of hydrogen-bond acceptors (Lipinski definition) is 0. The van der Waals surface area contributed by atoms with Crippen LogP contribution in [0.25, 0.3) is 0 Å². The molecule has 0 saturated heterocycles. The van der Waals surface area contributed by atoms with Gasteiger partial charge in [0.1, 0.15) is 0 Å². The maximum atomic E-state index is 2.37. The normalized spacial score (nSPS) is 14.2. The number of hydrogen-bond donors (Lipinski definition) is 0. The molecular weight excluding hydrogens is 372 g/mol. The van der Waals surface area contributed by atoms with Crippen molar-refractivity contribution in [1.82, 2.24) is 0 Å². The Labute approximate surface area is 187 Å². The van der Waals surface area contributed by atoms with Crippen LogP contribution in [0.5, 0.6) is 0 Å². The minimum absolute atomic E-state index is 0.0694. The van der Waals surface area contributed by atoms with Gasteiger partial charge >= 0.3 is 0 Å². The van der Waals surface area contributed by atoms with Crippen LogP contribution in [-0.4, -0.2) is 0 Å². The fourth-order valence-electron chi connectivity index (χ4n) is 5.63. The van der Waals surface area contributed by atoms with Gasteiger partial charge in [0.2, 0.25) is 0 Å². The van der Waals surface area contributed by atoms with Gasteiger partial charge in [-0.3, -0.25) is 0 Å². The lowest BCUT2D eigenvalue weighted by molar-refractivity contribution is 0.284. The number of rotatable bonds is 8. The molecule has 0 aliphatic rings. The van der Waals surface area contributed by atoms with Gasteiger partial charge in [0, 0.05) is 11.3 Å². The fraction of sp³-hybridized carbons (Fsp3) is 0.226. The van der Waals surface area contributed by atoms with Gasteiger partial charge in [-0.1, -0.05) is 135 Å². The molecule has 0 amide bonds. The van der Waals surface area contributed by atoms with Crippen LogP contribution in [0.3, 0.4) is 0 Å². The largest absolute Gasteiger partial charge is 0.0648 e.